The summed E-state index contributed by atoms with van der Waals surface area (Å²) in [6.45, 7) is 3.03. The van der Waals surface area contributed by atoms with Crippen LogP contribution in [0.25, 0.3) is 5.65 Å². The van der Waals surface area contributed by atoms with Gasteiger partial charge < -0.3 is 15.5 Å². The molecule has 2 rings (SSSR count). The molecule has 2 aromatic heterocycles. The maximum absolute atomic E-state index is 11.5. The van der Waals surface area contributed by atoms with Crippen LogP contribution in [0.5, 0.6) is 0 Å². The number of imidazole rings is 1. The average molecular weight is 319 g/mol. The van der Waals surface area contributed by atoms with Crippen molar-refractivity contribution in [1.82, 2.24) is 14.7 Å². The molecule has 0 fully saturated rings. The number of amides is 1. The Kier molecular flexibility index (Phi) is 8.22. The first-order valence-corrected chi connectivity index (χ1v) is 6.11. The third-order valence-electron chi connectivity index (χ3n) is 2.82. The van der Waals surface area contributed by atoms with Gasteiger partial charge in [0.2, 0.25) is 5.91 Å². The van der Waals surface area contributed by atoms with E-state index in [9.17, 15) is 4.79 Å². The van der Waals surface area contributed by atoms with Crippen LogP contribution in [0.2, 0.25) is 0 Å². The van der Waals surface area contributed by atoms with Gasteiger partial charge in [-0.1, -0.05) is 6.07 Å². The van der Waals surface area contributed by atoms with E-state index < -0.39 is 0 Å². The summed E-state index contributed by atoms with van der Waals surface area (Å²) in [5.41, 5.74) is 8.25. The molecule has 0 saturated carbocycles. The number of carbonyl (C=O) groups is 1. The highest BCUT2D eigenvalue weighted by Gasteiger charge is 2.05. The van der Waals surface area contributed by atoms with Crippen LogP contribution in [-0.4, -0.2) is 21.8 Å². The minimum absolute atomic E-state index is 0. The van der Waals surface area contributed by atoms with Crippen molar-refractivity contribution in [2.24, 2.45) is 5.73 Å². The lowest BCUT2D eigenvalue weighted by atomic mass is 10.3. The number of fused-ring (bicyclic) bond motifs is 1. The van der Waals surface area contributed by atoms with Crippen molar-refractivity contribution in [2.45, 2.75) is 26.3 Å². The Balaban J connectivity index is 0.00000180. The van der Waals surface area contributed by atoms with Crippen molar-refractivity contribution in [3.05, 3.63) is 35.8 Å². The summed E-state index contributed by atoms with van der Waals surface area (Å²) in [6.07, 6.45) is 3.15. The number of aromatic nitrogens is 2. The van der Waals surface area contributed by atoms with E-state index in [1.807, 2.05) is 35.7 Å². The Morgan fingerprint density at radius 3 is 2.80 bits per heavy atom. The van der Waals surface area contributed by atoms with E-state index in [-0.39, 0.29) is 30.7 Å². The molecule has 0 aliphatic rings. The normalized spacial score (nSPS) is 9.70. The lowest BCUT2D eigenvalue weighted by molar-refractivity contribution is -0.121. The Bertz CT molecular complexity index is 556. The minimum atomic E-state index is 0. The molecule has 2 aromatic rings. The third-order valence-corrected chi connectivity index (χ3v) is 2.82. The van der Waals surface area contributed by atoms with Crippen LogP contribution in [-0.2, 0) is 11.3 Å². The van der Waals surface area contributed by atoms with Crippen molar-refractivity contribution in [1.29, 1.82) is 0 Å². The number of nitrogens with zero attached hydrogens (tertiary/aromatic N) is 2. The molecule has 1 amide bonds. The number of hydrogen-bond donors (Lipinski definition) is 2. The molecule has 0 spiro atoms. The molecule has 3 N–H and O–H groups in total. The van der Waals surface area contributed by atoms with Gasteiger partial charge in [-0.2, -0.15) is 0 Å². The summed E-state index contributed by atoms with van der Waals surface area (Å²) in [5, 5.41) is 2.84. The van der Waals surface area contributed by atoms with E-state index in [1.54, 1.807) is 0 Å². The quantitative estimate of drug-likeness (QED) is 0.883. The number of aryl methyl sites for hydroxylation is 1. The van der Waals surface area contributed by atoms with Crippen LogP contribution >= 0.6 is 24.8 Å². The summed E-state index contributed by atoms with van der Waals surface area (Å²) in [5.74, 6) is 0.0224. The molecule has 0 aliphatic heterocycles. The van der Waals surface area contributed by atoms with Crippen LogP contribution in [0.3, 0.4) is 0 Å². The van der Waals surface area contributed by atoms with Crippen molar-refractivity contribution in [2.75, 3.05) is 6.54 Å². The topological polar surface area (TPSA) is 72.4 Å². The first kappa shape index (κ1) is 18.7. The molecule has 0 saturated heterocycles. The Labute approximate surface area is 130 Å². The fourth-order valence-corrected chi connectivity index (χ4v) is 1.82. The summed E-state index contributed by atoms with van der Waals surface area (Å²) < 4.78 is 2.02. The summed E-state index contributed by atoms with van der Waals surface area (Å²) in [6, 6.07) is 5.95. The molecular weight excluding hydrogens is 299 g/mol. The molecule has 0 unspecified atom stereocenters. The predicted octanol–water partition coefficient (Wildman–Crippen LogP) is 1.84. The molecule has 0 aromatic carbocycles. The van der Waals surface area contributed by atoms with E-state index in [0.29, 0.717) is 19.5 Å². The number of carbonyl (C=O) groups excluding carboxylic acids is 1. The van der Waals surface area contributed by atoms with E-state index in [1.165, 1.54) is 0 Å². The lowest BCUT2D eigenvalue weighted by Crippen LogP contribution is -2.23. The number of halogens is 2. The van der Waals surface area contributed by atoms with Gasteiger partial charge in [0.05, 0.1) is 12.2 Å². The van der Waals surface area contributed by atoms with Gasteiger partial charge in [0.25, 0.3) is 0 Å². The molecule has 0 aliphatic carbocycles. The standard InChI is InChI=1S/C13H18N4O.2ClH/c1-10-4-2-5-12-16-11(9-17(10)12)8-15-13(18)6-3-7-14;;/h2,4-5,9H,3,6-8,14H2,1H3,(H,15,18);2*1H. The Morgan fingerprint density at radius 1 is 1.40 bits per heavy atom. The second-order valence-corrected chi connectivity index (χ2v) is 4.30. The van der Waals surface area contributed by atoms with Crippen molar-refractivity contribution < 1.29 is 4.79 Å². The summed E-state index contributed by atoms with van der Waals surface area (Å²) in [7, 11) is 0. The maximum atomic E-state index is 11.5. The zero-order valence-electron chi connectivity index (χ0n) is 11.3. The first-order valence-electron chi connectivity index (χ1n) is 6.11. The molecule has 2 heterocycles. The van der Waals surface area contributed by atoms with Crippen LogP contribution in [0, 0.1) is 6.92 Å². The Hall–Kier alpha value is -1.30. The van der Waals surface area contributed by atoms with Crippen LogP contribution in [0.1, 0.15) is 24.2 Å². The van der Waals surface area contributed by atoms with Crippen LogP contribution < -0.4 is 11.1 Å². The van der Waals surface area contributed by atoms with E-state index in [4.69, 9.17) is 5.73 Å². The van der Waals surface area contributed by atoms with E-state index in [2.05, 4.69) is 10.3 Å². The largest absolute Gasteiger partial charge is 0.350 e. The molecule has 0 bridgehead atoms. The molecule has 5 nitrogen and oxygen atoms in total. The SMILES string of the molecule is Cc1cccc2nc(CNC(=O)CCCN)cn12.Cl.Cl. The van der Waals surface area contributed by atoms with Gasteiger partial charge in [0.1, 0.15) is 5.65 Å². The van der Waals surface area contributed by atoms with E-state index in [0.717, 1.165) is 23.5 Å². The molecular formula is C13H20Cl2N4O. The second-order valence-electron chi connectivity index (χ2n) is 4.30. The smallest absolute Gasteiger partial charge is 0.220 e. The molecule has 0 radical (unpaired) electrons. The fraction of sp³-hybridized carbons (Fsp3) is 0.385. The zero-order chi connectivity index (χ0) is 13.0. The monoisotopic (exact) mass is 318 g/mol. The van der Waals surface area contributed by atoms with E-state index >= 15 is 0 Å². The highest BCUT2D eigenvalue weighted by molar-refractivity contribution is 5.85. The second kappa shape index (κ2) is 8.79. The third kappa shape index (κ3) is 4.67. The predicted molar refractivity (Wildman–Crippen MR) is 84.6 cm³/mol. The minimum Gasteiger partial charge on any atom is -0.350 e. The van der Waals surface area contributed by atoms with Gasteiger partial charge in [-0.05, 0) is 32.0 Å². The highest BCUT2D eigenvalue weighted by atomic mass is 35.5. The molecule has 7 heteroatoms. The Morgan fingerprint density at radius 2 is 2.15 bits per heavy atom. The van der Waals surface area contributed by atoms with Crippen molar-refractivity contribution >= 4 is 36.4 Å². The lowest BCUT2D eigenvalue weighted by Gasteiger charge is -2.01. The maximum Gasteiger partial charge on any atom is 0.220 e. The van der Waals surface area contributed by atoms with Gasteiger partial charge >= 0.3 is 0 Å². The van der Waals surface area contributed by atoms with Gasteiger partial charge in [-0.25, -0.2) is 4.98 Å². The van der Waals surface area contributed by atoms with Gasteiger partial charge in [-0.15, -0.1) is 24.8 Å². The van der Waals surface area contributed by atoms with Gasteiger partial charge in [-0.3, -0.25) is 4.79 Å². The molecule has 112 valence electrons. The first-order chi connectivity index (χ1) is 8.70. The van der Waals surface area contributed by atoms with Gasteiger partial charge in [0, 0.05) is 18.3 Å². The van der Waals surface area contributed by atoms with Crippen molar-refractivity contribution in [3.8, 4) is 0 Å². The fourth-order valence-electron chi connectivity index (χ4n) is 1.82. The van der Waals surface area contributed by atoms with Crippen LogP contribution in [0.4, 0.5) is 0 Å². The number of nitrogens with two attached hydrogens (primary N) is 1. The number of hydrogen-bond acceptors (Lipinski definition) is 3. The van der Waals surface area contributed by atoms with Crippen LogP contribution in [0.15, 0.2) is 24.4 Å². The molecule has 0 atom stereocenters. The number of pyridine rings is 1. The number of nitrogens with one attached hydrogen (secondary N) is 1. The number of rotatable bonds is 5. The summed E-state index contributed by atoms with van der Waals surface area (Å²) in [4.78, 5) is 15.9. The summed E-state index contributed by atoms with van der Waals surface area (Å²) >= 11 is 0. The average Bonchev–Trinajstić information content (AvgIpc) is 2.78. The highest BCUT2D eigenvalue weighted by Crippen LogP contribution is 2.08. The van der Waals surface area contributed by atoms with Gasteiger partial charge in [0.15, 0.2) is 0 Å². The van der Waals surface area contributed by atoms with Crippen molar-refractivity contribution in [3.63, 3.8) is 0 Å². The molecule has 20 heavy (non-hydrogen) atoms. The zero-order valence-corrected chi connectivity index (χ0v) is 13.0.